The maximum atomic E-state index is 13.5. The molecule has 1 aromatic heterocycles. The van der Waals surface area contributed by atoms with Crippen molar-refractivity contribution in [1.29, 1.82) is 0 Å². The maximum absolute atomic E-state index is 13.5. The number of hydrogen-bond acceptors (Lipinski definition) is 4. The van der Waals surface area contributed by atoms with Crippen molar-refractivity contribution < 1.29 is 9.18 Å². The molecule has 136 valence electrons. The molecule has 0 radical (unpaired) electrons. The number of halogens is 1. The van der Waals surface area contributed by atoms with E-state index in [-0.39, 0.29) is 11.7 Å². The molecular weight excluding hydrogens is 343 g/mol. The molecule has 3 aromatic rings. The fourth-order valence-electron chi connectivity index (χ4n) is 3.21. The second kappa shape index (κ2) is 7.53. The van der Waals surface area contributed by atoms with E-state index in [1.165, 1.54) is 18.5 Å². The average Bonchev–Trinajstić information content (AvgIpc) is 3.23. The molecule has 1 aliphatic heterocycles. The van der Waals surface area contributed by atoms with Gasteiger partial charge in [-0.15, -0.1) is 0 Å². The van der Waals surface area contributed by atoms with Crippen LogP contribution in [-0.2, 0) is 0 Å². The molecule has 4 rings (SSSR count). The van der Waals surface area contributed by atoms with E-state index in [0.29, 0.717) is 22.6 Å². The standard InChI is InChI=1S/C21H19FN4O/c22-17-7-3-5-15(11-17)19-13-20(24-14-23-19)25-18-8-4-6-16(12-18)21(27)26-9-1-2-10-26/h3-8,11-14H,1-2,9-10H2,(H,23,24,25). The highest BCUT2D eigenvalue weighted by Gasteiger charge is 2.19. The first-order valence-corrected chi connectivity index (χ1v) is 8.93. The van der Waals surface area contributed by atoms with Gasteiger partial charge in [0.2, 0.25) is 0 Å². The van der Waals surface area contributed by atoms with Crippen LogP contribution in [0.15, 0.2) is 60.9 Å². The number of hydrogen-bond donors (Lipinski definition) is 1. The van der Waals surface area contributed by atoms with Crippen molar-refractivity contribution in [2.45, 2.75) is 12.8 Å². The Morgan fingerprint density at radius 3 is 2.63 bits per heavy atom. The lowest BCUT2D eigenvalue weighted by atomic mass is 10.1. The minimum absolute atomic E-state index is 0.0549. The summed E-state index contributed by atoms with van der Waals surface area (Å²) in [7, 11) is 0. The van der Waals surface area contributed by atoms with Gasteiger partial charge in [-0.1, -0.05) is 18.2 Å². The predicted molar refractivity (Wildman–Crippen MR) is 102 cm³/mol. The lowest BCUT2D eigenvalue weighted by molar-refractivity contribution is 0.0793. The zero-order valence-corrected chi connectivity index (χ0v) is 14.7. The molecule has 2 heterocycles. The van der Waals surface area contributed by atoms with E-state index in [2.05, 4.69) is 15.3 Å². The maximum Gasteiger partial charge on any atom is 0.253 e. The molecule has 1 fully saturated rings. The highest BCUT2D eigenvalue weighted by Crippen LogP contribution is 2.23. The predicted octanol–water partition coefficient (Wildman–Crippen LogP) is 4.26. The van der Waals surface area contributed by atoms with Crippen LogP contribution in [0, 0.1) is 5.82 Å². The minimum atomic E-state index is -0.311. The molecule has 0 bridgehead atoms. The third-order valence-electron chi connectivity index (χ3n) is 4.56. The lowest BCUT2D eigenvalue weighted by Gasteiger charge is -2.16. The molecule has 5 nitrogen and oxygen atoms in total. The number of benzene rings is 2. The number of nitrogens with zero attached hydrogens (tertiary/aromatic N) is 3. The van der Waals surface area contributed by atoms with Crippen molar-refractivity contribution in [2.24, 2.45) is 0 Å². The Morgan fingerprint density at radius 1 is 1.00 bits per heavy atom. The van der Waals surface area contributed by atoms with E-state index in [1.54, 1.807) is 18.2 Å². The Bertz CT molecular complexity index is 970. The molecule has 0 unspecified atom stereocenters. The topological polar surface area (TPSA) is 58.1 Å². The van der Waals surface area contributed by atoms with E-state index in [9.17, 15) is 9.18 Å². The SMILES string of the molecule is O=C(c1cccc(Nc2cc(-c3cccc(F)c3)ncn2)c1)N1CCCC1. The second-order valence-electron chi connectivity index (χ2n) is 6.50. The fraction of sp³-hybridized carbons (Fsp3) is 0.190. The van der Waals surface area contributed by atoms with E-state index in [4.69, 9.17) is 0 Å². The normalized spacial score (nSPS) is 13.6. The van der Waals surface area contributed by atoms with Crippen LogP contribution < -0.4 is 5.32 Å². The summed E-state index contributed by atoms with van der Waals surface area (Å²) < 4.78 is 13.5. The molecule has 1 amide bonds. The number of nitrogens with one attached hydrogen (secondary N) is 1. The molecule has 2 aromatic carbocycles. The highest BCUT2D eigenvalue weighted by molar-refractivity contribution is 5.95. The Hall–Kier alpha value is -3.28. The minimum Gasteiger partial charge on any atom is -0.340 e. The third-order valence-corrected chi connectivity index (χ3v) is 4.56. The van der Waals surface area contributed by atoms with E-state index in [1.807, 2.05) is 29.2 Å². The van der Waals surface area contributed by atoms with E-state index >= 15 is 0 Å². The van der Waals surface area contributed by atoms with Crippen molar-refractivity contribution in [3.8, 4) is 11.3 Å². The van der Waals surface area contributed by atoms with Crippen molar-refractivity contribution >= 4 is 17.4 Å². The summed E-state index contributed by atoms with van der Waals surface area (Å²) in [5.41, 5.74) is 2.72. The molecule has 0 saturated carbocycles. The quantitative estimate of drug-likeness (QED) is 0.753. The van der Waals surface area contributed by atoms with Crippen LogP contribution in [0.25, 0.3) is 11.3 Å². The molecule has 6 heteroatoms. The molecule has 1 aliphatic rings. The van der Waals surface area contributed by atoms with Crippen molar-refractivity contribution in [3.05, 3.63) is 72.3 Å². The Balaban J connectivity index is 1.55. The number of carbonyl (C=O) groups excluding carboxylic acids is 1. The molecule has 27 heavy (non-hydrogen) atoms. The number of carbonyl (C=O) groups is 1. The number of rotatable bonds is 4. The Labute approximate surface area is 156 Å². The summed E-state index contributed by atoms with van der Waals surface area (Å²) in [5, 5.41) is 3.20. The van der Waals surface area contributed by atoms with Gasteiger partial charge in [0.15, 0.2) is 0 Å². The van der Waals surface area contributed by atoms with Crippen LogP contribution >= 0.6 is 0 Å². The third kappa shape index (κ3) is 3.95. The molecule has 0 aliphatic carbocycles. The van der Waals surface area contributed by atoms with Gasteiger partial charge in [0, 0.05) is 36.0 Å². The van der Waals surface area contributed by atoms with Gasteiger partial charge in [-0.3, -0.25) is 4.79 Å². The smallest absolute Gasteiger partial charge is 0.253 e. The molecular formula is C21H19FN4O. The summed E-state index contributed by atoms with van der Waals surface area (Å²) in [4.78, 5) is 22.9. The fourth-order valence-corrected chi connectivity index (χ4v) is 3.21. The lowest BCUT2D eigenvalue weighted by Crippen LogP contribution is -2.27. The van der Waals surface area contributed by atoms with Gasteiger partial charge >= 0.3 is 0 Å². The van der Waals surface area contributed by atoms with E-state index < -0.39 is 0 Å². The number of amides is 1. The Morgan fingerprint density at radius 2 is 1.81 bits per heavy atom. The molecule has 1 N–H and O–H groups in total. The average molecular weight is 362 g/mol. The van der Waals surface area contributed by atoms with Gasteiger partial charge in [-0.05, 0) is 43.2 Å². The summed E-state index contributed by atoms with van der Waals surface area (Å²) in [5.74, 6) is 0.322. The van der Waals surface area contributed by atoms with Crippen molar-refractivity contribution in [2.75, 3.05) is 18.4 Å². The van der Waals surface area contributed by atoms with Gasteiger partial charge in [0.1, 0.15) is 18.0 Å². The first kappa shape index (κ1) is 17.1. The highest BCUT2D eigenvalue weighted by atomic mass is 19.1. The van der Waals surface area contributed by atoms with Gasteiger partial charge in [-0.25, -0.2) is 14.4 Å². The Kier molecular flexibility index (Phi) is 4.78. The van der Waals surface area contributed by atoms with Crippen molar-refractivity contribution in [1.82, 2.24) is 14.9 Å². The monoisotopic (exact) mass is 362 g/mol. The van der Waals surface area contributed by atoms with E-state index in [0.717, 1.165) is 31.6 Å². The van der Waals surface area contributed by atoms with Crippen LogP contribution in [0.2, 0.25) is 0 Å². The van der Waals surface area contributed by atoms with Gasteiger partial charge in [0.05, 0.1) is 5.69 Å². The zero-order valence-electron chi connectivity index (χ0n) is 14.7. The van der Waals surface area contributed by atoms with Crippen LogP contribution in [-0.4, -0.2) is 33.9 Å². The molecule has 1 saturated heterocycles. The van der Waals surface area contributed by atoms with Crippen molar-refractivity contribution in [3.63, 3.8) is 0 Å². The number of likely N-dealkylation sites (tertiary alicyclic amines) is 1. The zero-order chi connectivity index (χ0) is 18.6. The van der Waals surface area contributed by atoms with Gasteiger partial charge < -0.3 is 10.2 Å². The molecule has 0 spiro atoms. The van der Waals surface area contributed by atoms with Crippen LogP contribution in [0.4, 0.5) is 15.9 Å². The number of anilines is 2. The summed E-state index contributed by atoms with van der Waals surface area (Å²) >= 11 is 0. The first-order valence-electron chi connectivity index (χ1n) is 8.93. The second-order valence-corrected chi connectivity index (χ2v) is 6.50. The van der Waals surface area contributed by atoms with Crippen LogP contribution in [0.5, 0.6) is 0 Å². The van der Waals surface area contributed by atoms with Gasteiger partial charge in [0.25, 0.3) is 5.91 Å². The largest absolute Gasteiger partial charge is 0.340 e. The number of aromatic nitrogens is 2. The summed E-state index contributed by atoms with van der Waals surface area (Å²) in [6.07, 6.45) is 3.56. The first-order chi connectivity index (χ1) is 13.2. The molecule has 0 atom stereocenters. The summed E-state index contributed by atoms with van der Waals surface area (Å²) in [6, 6.07) is 15.4. The summed E-state index contributed by atoms with van der Waals surface area (Å²) in [6.45, 7) is 1.64. The van der Waals surface area contributed by atoms with Gasteiger partial charge in [-0.2, -0.15) is 0 Å². The van der Waals surface area contributed by atoms with Crippen LogP contribution in [0.3, 0.4) is 0 Å². The van der Waals surface area contributed by atoms with Crippen LogP contribution in [0.1, 0.15) is 23.2 Å².